The van der Waals surface area contributed by atoms with Crippen molar-refractivity contribution >= 4 is 11.0 Å². The van der Waals surface area contributed by atoms with E-state index in [1.165, 1.54) is 22.3 Å². The van der Waals surface area contributed by atoms with Gasteiger partial charge >= 0.3 is 5.69 Å². The normalized spacial score (nSPS) is 12.5. The number of aromatic amines is 1. The molecule has 2 aliphatic rings. The summed E-state index contributed by atoms with van der Waals surface area (Å²) in [5, 5.41) is 0. The van der Waals surface area contributed by atoms with Crippen LogP contribution in [0.2, 0.25) is 0 Å². The molecule has 31 heavy (non-hydrogen) atoms. The Labute approximate surface area is 181 Å². The Hall–Kier alpha value is -3.28. The highest BCUT2D eigenvalue weighted by molar-refractivity contribution is 5.81. The number of H-pyrrole nitrogens is 1. The molecule has 0 spiro atoms. The van der Waals surface area contributed by atoms with Gasteiger partial charge in [-0.25, -0.2) is 9.78 Å². The van der Waals surface area contributed by atoms with E-state index < -0.39 is 11.2 Å². The number of rotatable bonds is 6. The highest BCUT2D eigenvalue weighted by atomic mass is 16.2. The first-order chi connectivity index (χ1) is 14.9. The molecule has 0 saturated carbocycles. The van der Waals surface area contributed by atoms with Crippen molar-refractivity contribution in [2.45, 2.75) is 59.4 Å². The number of benzene rings is 2. The maximum Gasteiger partial charge on any atom is 0.349 e. The summed E-state index contributed by atoms with van der Waals surface area (Å²) in [5.74, 6) is 0.667. The monoisotopic (exact) mass is 416 g/mol. The Morgan fingerprint density at radius 1 is 1.06 bits per heavy atom. The van der Waals surface area contributed by atoms with Crippen molar-refractivity contribution < 1.29 is 0 Å². The first-order valence-electron chi connectivity index (χ1n) is 10.9. The van der Waals surface area contributed by atoms with E-state index in [1.54, 1.807) is 0 Å². The van der Waals surface area contributed by atoms with Gasteiger partial charge in [-0.3, -0.25) is 9.78 Å². The molecule has 0 radical (unpaired) electrons. The van der Waals surface area contributed by atoms with Crippen LogP contribution in [0.15, 0.2) is 46.0 Å². The predicted molar refractivity (Wildman–Crippen MR) is 124 cm³/mol. The standard InChI is InChI=1S/C25H28N4O2/c1-5-6-19-14-20-21(13-17(19)4)29(23-22(26-20)24(30)28-25(31)27-23)12-11-16(3)18-9-7-15(2)8-10-18/h7-10,13-14,16H,5-6,11-12H2,1-4H3,(H,28,30,31). The van der Waals surface area contributed by atoms with E-state index >= 15 is 0 Å². The lowest BCUT2D eigenvalue weighted by Crippen LogP contribution is -2.29. The van der Waals surface area contributed by atoms with Crippen molar-refractivity contribution in [2.75, 3.05) is 0 Å². The molecule has 1 atom stereocenters. The molecule has 0 fully saturated rings. The summed E-state index contributed by atoms with van der Waals surface area (Å²) < 4.78 is 1.99. The summed E-state index contributed by atoms with van der Waals surface area (Å²) in [7, 11) is 0. The van der Waals surface area contributed by atoms with Crippen molar-refractivity contribution in [2.24, 2.45) is 0 Å². The van der Waals surface area contributed by atoms with Crippen molar-refractivity contribution in [3.63, 3.8) is 0 Å². The fraction of sp³-hybridized carbons (Fsp3) is 0.360. The minimum atomic E-state index is -0.640. The summed E-state index contributed by atoms with van der Waals surface area (Å²) >= 11 is 0. The van der Waals surface area contributed by atoms with Crippen LogP contribution in [0.1, 0.15) is 54.9 Å². The van der Waals surface area contributed by atoms with E-state index in [1.807, 2.05) is 4.57 Å². The van der Waals surface area contributed by atoms with Crippen LogP contribution in [0, 0.1) is 13.8 Å². The Balaban J connectivity index is 1.83. The van der Waals surface area contributed by atoms with Crippen LogP contribution in [0.3, 0.4) is 0 Å². The van der Waals surface area contributed by atoms with Gasteiger partial charge in [0.2, 0.25) is 0 Å². The number of aromatic nitrogens is 4. The second-order valence-corrected chi connectivity index (χ2v) is 8.42. The first kappa shape index (κ1) is 21.0. The number of hydrogen-bond donors (Lipinski definition) is 1. The summed E-state index contributed by atoms with van der Waals surface area (Å²) in [6.07, 6.45) is 2.84. The molecule has 6 heteroatoms. The number of fused-ring (bicyclic) bond motifs is 2. The average Bonchev–Trinajstić information content (AvgIpc) is 2.73. The van der Waals surface area contributed by atoms with Crippen molar-refractivity contribution in [1.29, 1.82) is 0 Å². The van der Waals surface area contributed by atoms with Crippen LogP contribution in [-0.4, -0.2) is 19.5 Å². The van der Waals surface area contributed by atoms with Gasteiger partial charge in [-0.15, -0.1) is 0 Å². The lowest BCUT2D eigenvalue weighted by Gasteiger charge is -2.20. The van der Waals surface area contributed by atoms with Gasteiger partial charge in [0.15, 0.2) is 11.5 Å². The van der Waals surface area contributed by atoms with Crippen LogP contribution < -0.4 is 11.2 Å². The van der Waals surface area contributed by atoms with Gasteiger partial charge in [0, 0.05) is 6.54 Å². The molecule has 1 N–H and O–H groups in total. The van der Waals surface area contributed by atoms with Crippen molar-refractivity contribution in [3.8, 4) is 11.5 Å². The van der Waals surface area contributed by atoms with E-state index in [4.69, 9.17) is 0 Å². The molecule has 0 aliphatic carbocycles. The van der Waals surface area contributed by atoms with E-state index in [0.29, 0.717) is 18.3 Å². The molecule has 0 amide bonds. The van der Waals surface area contributed by atoms with E-state index in [0.717, 1.165) is 30.3 Å². The van der Waals surface area contributed by atoms with Crippen molar-refractivity contribution in [3.05, 3.63) is 79.5 Å². The van der Waals surface area contributed by atoms with Crippen LogP contribution >= 0.6 is 0 Å². The summed E-state index contributed by atoms with van der Waals surface area (Å²) in [6, 6.07) is 12.7. The second-order valence-electron chi connectivity index (χ2n) is 8.42. The van der Waals surface area contributed by atoms with Gasteiger partial charge in [0.1, 0.15) is 0 Å². The van der Waals surface area contributed by atoms with E-state index in [9.17, 15) is 9.59 Å². The highest BCUT2D eigenvalue weighted by Crippen LogP contribution is 2.27. The number of nitrogens with one attached hydrogen (secondary N) is 1. The van der Waals surface area contributed by atoms with Crippen LogP contribution in [0.25, 0.3) is 22.6 Å². The lowest BCUT2D eigenvalue weighted by molar-refractivity contribution is 0.582. The molecule has 0 saturated heterocycles. The zero-order valence-corrected chi connectivity index (χ0v) is 18.5. The van der Waals surface area contributed by atoms with Crippen molar-refractivity contribution in [1.82, 2.24) is 19.5 Å². The van der Waals surface area contributed by atoms with Gasteiger partial charge in [-0.05, 0) is 61.4 Å². The second kappa shape index (κ2) is 8.46. The fourth-order valence-electron chi connectivity index (χ4n) is 4.14. The Morgan fingerprint density at radius 3 is 2.52 bits per heavy atom. The van der Waals surface area contributed by atoms with Gasteiger partial charge in [0.05, 0.1) is 11.0 Å². The maximum atomic E-state index is 12.5. The molecule has 0 aromatic heterocycles. The molecule has 4 rings (SSSR count). The minimum absolute atomic E-state index is 0.210. The quantitative estimate of drug-likeness (QED) is 0.474. The molecule has 1 unspecified atom stereocenters. The van der Waals surface area contributed by atoms with Crippen LogP contribution in [-0.2, 0) is 13.0 Å². The smallest absolute Gasteiger partial charge is 0.322 e. The maximum absolute atomic E-state index is 12.5. The lowest BCUT2D eigenvalue weighted by atomic mass is 9.96. The number of nitrogens with zero attached hydrogens (tertiary/aromatic N) is 3. The van der Waals surface area contributed by atoms with Gasteiger partial charge < -0.3 is 4.57 Å². The summed E-state index contributed by atoms with van der Waals surface area (Å²) in [4.78, 5) is 35.4. The SMILES string of the molecule is CCCc1cc2nc3c(=O)[nH]c(=O)nc-3n(CCC(C)c3ccc(C)cc3)c2cc1C. The Kier molecular flexibility index (Phi) is 5.72. The molecule has 2 aromatic rings. The molecular weight excluding hydrogens is 388 g/mol. The van der Waals surface area contributed by atoms with Crippen LogP contribution in [0.4, 0.5) is 0 Å². The molecule has 2 aliphatic heterocycles. The van der Waals surface area contributed by atoms with Gasteiger partial charge in [-0.2, -0.15) is 4.98 Å². The molecular formula is C25H28N4O2. The molecule has 2 heterocycles. The minimum Gasteiger partial charge on any atom is -0.322 e. The third kappa shape index (κ3) is 4.15. The number of hydrogen-bond acceptors (Lipinski definition) is 4. The number of aryl methyl sites for hydroxylation is 4. The highest BCUT2D eigenvalue weighted by Gasteiger charge is 2.20. The average molecular weight is 417 g/mol. The fourth-order valence-corrected chi connectivity index (χ4v) is 4.14. The van der Waals surface area contributed by atoms with Gasteiger partial charge in [-0.1, -0.05) is 50.1 Å². The first-order valence-corrected chi connectivity index (χ1v) is 10.9. The topological polar surface area (TPSA) is 80.6 Å². The molecule has 2 aromatic carbocycles. The largest absolute Gasteiger partial charge is 0.349 e. The third-order valence-electron chi connectivity index (χ3n) is 6.02. The molecule has 160 valence electrons. The Morgan fingerprint density at radius 2 is 1.81 bits per heavy atom. The predicted octanol–water partition coefficient (Wildman–Crippen LogP) is 4.35. The summed E-state index contributed by atoms with van der Waals surface area (Å²) in [6.45, 7) is 9.15. The zero-order chi connectivity index (χ0) is 22.1. The molecule has 0 bridgehead atoms. The Bertz CT molecular complexity index is 1320. The van der Waals surface area contributed by atoms with Gasteiger partial charge in [0.25, 0.3) is 5.56 Å². The zero-order valence-electron chi connectivity index (χ0n) is 18.5. The van der Waals surface area contributed by atoms with Crippen LogP contribution in [0.5, 0.6) is 0 Å². The van der Waals surface area contributed by atoms with E-state index in [2.05, 4.69) is 79.0 Å². The van der Waals surface area contributed by atoms with E-state index in [-0.39, 0.29) is 5.69 Å². The summed E-state index contributed by atoms with van der Waals surface area (Å²) in [5.41, 5.74) is 5.66. The molecule has 6 nitrogen and oxygen atoms in total. The third-order valence-corrected chi connectivity index (χ3v) is 6.02.